The first-order chi connectivity index (χ1) is 15.9. The second-order valence-electron chi connectivity index (χ2n) is 7.66. The van der Waals surface area contributed by atoms with Crippen molar-refractivity contribution in [2.75, 3.05) is 0 Å². The molecule has 0 spiro atoms. The highest BCUT2D eigenvalue weighted by Gasteiger charge is 2.29. The molecule has 10 N–H and O–H groups in total. The maximum atomic E-state index is 12.9. The third kappa shape index (κ3) is 10.1. The number of aliphatic carboxylic acids is 1. The number of carboxylic acids is 1. The van der Waals surface area contributed by atoms with Crippen LogP contribution in [0.1, 0.15) is 31.7 Å². The molecule has 0 heterocycles. The van der Waals surface area contributed by atoms with Crippen molar-refractivity contribution in [3.63, 3.8) is 0 Å². The van der Waals surface area contributed by atoms with Gasteiger partial charge < -0.3 is 38.3 Å². The molecule has 0 aliphatic heterocycles. The maximum Gasteiger partial charge on any atom is 0.326 e. The van der Waals surface area contributed by atoms with E-state index in [1.807, 2.05) is 0 Å². The van der Waals surface area contributed by atoms with Gasteiger partial charge in [0, 0.05) is 12.8 Å². The standard InChI is InChI=1S/C21H30N6O7/c1-11(25-19(31)13(22)10-17(24)29)18(30)27-15(9-12-5-3-2-4-6-12)20(32)26-14(21(33)34)7-8-16(23)28/h2-6,11,13-15H,7-10,22H2,1H3,(H2,23,28)(H2,24,29)(H,25,31)(H,26,32)(H,27,30)(H,33,34). The summed E-state index contributed by atoms with van der Waals surface area (Å²) in [5.74, 6) is -5.23. The van der Waals surface area contributed by atoms with E-state index in [1.165, 1.54) is 6.92 Å². The molecule has 4 atom stereocenters. The molecule has 0 saturated heterocycles. The minimum atomic E-state index is -1.40. The first-order valence-electron chi connectivity index (χ1n) is 10.4. The van der Waals surface area contributed by atoms with E-state index in [4.69, 9.17) is 17.2 Å². The van der Waals surface area contributed by atoms with Gasteiger partial charge in [0.15, 0.2) is 0 Å². The fourth-order valence-corrected chi connectivity index (χ4v) is 2.87. The fraction of sp³-hybridized carbons (Fsp3) is 0.429. The van der Waals surface area contributed by atoms with Crippen molar-refractivity contribution in [2.24, 2.45) is 17.2 Å². The molecule has 0 radical (unpaired) electrons. The van der Waals surface area contributed by atoms with Crippen molar-refractivity contribution in [3.8, 4) is 0 Å². The molecule has 1 rings (SSSR count). The van der Waals surface area contributed by atoms with Gasteiger partial charge in [0.2, 0.25) is 29.5 Å². The van der Waals surface area contributed by atoms with E-state index >= 15 is 0 Å². The number of hydrogen-bond acceptors (Lipinski definition) is 7. The summed E-state index contributed by atoms with van der Waals surface area (Å²) in [6.45, 7) is 1.34. The van der Waals surface area contributed by atoms with E-state index in [-0.39, 0.29) is 19.3 Å². The monoisotopic (exact) mass is 478 g/mol. The van der Waals surface area contributed by atoms with Crippen molar-refractivity contribution in [3.05, 3.63) is 35.9 Å². The Hall–Kier alpha value is -4.00. The zero-order valence-corrected chi connectivity index (χ0v) is 18.7. The minimum absolute atomic E-state index is 0.0163. The Balaban J connectivity index is 2.94. The van der Waals surface area contributed by atoms with Crippen LogP contribution in [-0.2, 0) is 35.2 Å². The first-order valence-corrected chi connectivity index (χ1v) is 10.4. The molecule has 4 unspecified atom stereocenters. The molecule has 186 valence electrons. The van der Waals surface area contributed by atoms with E-state index < -0.39 is 66.1 Å². The number of carbonyl (C=O) groups excluding carboxylic acids is 5. The Labute approximate surface area is 195 Å². The van der Waals surface area contributed by atoms with Crippen LogP contribution in [0.3, 0.4) is 0 Å². The number of carboxylic acid groups (broad SMARTS) is 1. The molecule has 5 amide bonds. The predicted molar refractivity (Wildman–Crippen MR) is 119 cm³/mol. The molecule has 13 heteroatoms. The van der Waals surface area contributed by atoms with Crippen LogP contribution in [0.5, 0.6) is 0 Å². The minimum Gasteiger partial charge on any atom is -0.480 e. The summed E-state index contributed by atoms with van der Waals surface area (Å²) in [6, 6.07) is 3.63. The summed E-state index contributed by atoms with van der Waals surface area (Å²) >= 11 is 0. The highest BCUT2D eigenvalue weighted by molar-refractivity contribution is 5.95. The second kappa shape index (κ2) is 13.5. The highest BCUT2D eigenvalue weighted by atomic mass is 16.4. The molecular formula is C21H30N6O7. The summed E-state index contributed by atoms with van der Waals surface area (Å²) in [7, 11) is 0. The van der Waals surface area contributed by atoms with Gasteiger partial charge in [-0.05, 0) is 18.9 Å². The van der Waals surface area contributed by atoms with Crippen molar-refractivity contribution in [2.45, 2.75) is 56.8 Å². The third-order valence-electron chi connectivity index (χ3n) is 4.72. The van der Waals surface area contributed by atoms with Crippen LogP contribution in [0, 0.1) is 0 Å². The second-order valence-corrected chi connectivity index (χ2v) is 7.66. The Morgan fingerprint density at radius 1 is 0.853 bits per heavy atom. The number of primary amides is 2. The lowest BCUT2D eigenvalue weighted by Gasteiger charge is -2.24. The smallest absolute Gasteiger partial charge is 0.326 e. The van der Waals surface area contributed by atoms with Gasteiger partial charge >= 0.3 is 5.97 Å². The summed E-state index contributed by atoms with van der Waals surface area (Å²) in [4.78, 5) is 70.9. The highest BCUT2D eigenvalue weighted by Crippen LogP contribution is 2.06. The Morgan fingerprint density at radius 3 is 1.97 bits per heavy atom. The van der Waals surface area contributed by atoms with Crippen molar-refractivity contribution in [1.29, 1.82) is 0 Å². The predicted octanol–water partition coefficient (Wildman–Crippen LogP) is -2.74. The molecule has 1 aromatic carbocycles. The normalized spacial score (nSPS) is 14.1. The summed E-state index contributed by atoms with van der Waals surface area (Å²) in [5, 5.41) is 16.4. The van der Waals surface area contributed by atoms with Crippen molar-refractivity contribution < 1.29 is 33.9 Å². The van der Waals surface area contributed by atoms with Crippen LogP contribution in [0.2, 0.25) is 0 Å². The molecule has 0 aliphatic rings. The largest absolute Gasteiger partial charge is 0.480 e. The van der Waals surface area contributed by atoms with Gasteiger partial charge in [0.1, 0.15) is 18.1 Å². The van der Waals surface area contributed by atoms with Crippen LogP contribution < -0.4 is 33.2 Å². The van der Waals surface area contributed by atoms with Gasteiger partial charge in [-0.1, -0.05) is 30.3 Å². The molecule has 0 aromatic heterocycles. The molecular weight excluding hydrogens is 448 g/mol. The first kappa shape index (κ1) is 28.0. The number of benzene rings is 1. The van der Waals surface area contributed by atoms with E-state index in [9.17, 15) is 33.9 Å². The number of hydrogen-bond donors (Lipinski definition) is 7. The molecule has 0 bridgehead atoms. The van der Waals surface area contributed by atoms with Crippen LogP contribution in [0.4, 0.5) is 0 Å². The molecule has 0 aliphatic carbocycles. The molecule has 0 fully saturated rings. The molecule has 0 saturated carbocycles. The average molecular weight is 479 g/mol. The van der Waals surface area contributed by atoms with E-state index in [0.717, 1.165) is 0 Å². The third-order valence-corrected chi connectivity index (χ3v) is 4.72. The number of amides is 5. The summed E-state index contributed by atoms with van der Waals surface area (Å²) in [6.07, 6.45) is -0.891. The number of rotatable bonds is 14. The maximum absolute atomic E-state index is 12.9. The van der Waals surface area contributed by atoms with Crippen molar-refractivity contribution in [1.82, 2.24) is 16.0 Å². The number of carbonyl (C=O) groups is 6. The topological polar surface area (TPSA) is 237 Å². The fourth-order valence-electron chi connectivity index (χ4n) is 2.87. The van der Waals surface area contributed by atoms with Crippen LogP contribution in [0.15, 0.2) is 30.3 Å². The number of nitrogens with one attached hydrogen (secondary N) is 3. The lowest BCUT2D eigenvalue weighted by molar-refractivity contribution is -0.142. The lowest BCUT2D eigenvalue weighted by Crippen LogP contribution is -2.57. The Bertz CT molecular complexity index is 908. The van der Waals surface area contributed by atoms with Gasteiger partial charge in [-0.3, -0.25) is 24.0 Å². The van der Waals surface area contributed by atoms with Crippen LogP contribution in [-0.4, -0.2) is 64.8 Å². The van der Waals surface area contributed by atoms with Gasteiger partial charge in [-0.2, -0.15) is 0 Å². The SMILES string of the molecule is CC(NC(=O)C(N)CC(N)=O)C(=O)NC(Cc1ccccc1)C(=O)NC(CCC(N)=O)C(=O)O. The summed E-state index contributed by atoms with van der Waals surface area (Å²) < 4.78 is 0. The Kier molecular flexibility index (Phi) is 11.2. The van der Waals surface area contributed by atoms with Crippen LogP contribution >= 0.6 is 0 Å². The van der Waals surface area contributed by atoms with Gasteiger partial charge in [-0.15, -0.1) is 0 Å². The van der Waals surface area contributed by atoms with Crippen molar-refractivity contribution >= 4 is 35.5 Å². The lowest BCUT2D eigenvalue weighted by atomic mass is 10.0. The zero-order chi connectivity index (χ0) is 25.8. The summed E-state index contributed by atoms with van der Waals surface area (Å²) in [5.41, 5.74) is 16.3. The Morgan fingerprint density at radius 2 is 1.44 bits per heavy atom. The van der Waals surface area contributed by atoms with Gasteiger partial charge in [0.05, 0.1) is 12.5 Å². The molecule has 13 nitrogen and oxygen atoms in total. The zero-order valence-electron chi connectivity index (χ0n) is 18.7. The van der Waals surface area contributed by atoms with E-state index in [1.54, 1.807) is 30.3 Å². The van der Waals surface area contributed by atoms with E-state index in [0.29, 0.717) is 5.56 Å². The number of nitrogens with two attached hydrogens (primary N) is 3. The average Bonchev–Trinajstić information content (AvgIpc) is 2.75. The molecule has 34 heavy (non-hydrogen) atoms. The van der Waals surface area contributed by atoms with Gasteiger partial charge in [-0.25, -0.2) is 4.79 Å². The molecule has 1 aromatic rings. The van der Waals surface area contributed by atoms with E-state index in [2.05, 4.69) is 16.0 Å². The quantitative estimate of drug-likeness (QED) is 0.148. The van der Waals surface area contributed by atoms with Crippen LogP contribution in [0.25, 0.3) is 0 Å². The van der Waals surface area contributed by atoms with Gasteiger partial charge in [0.25, 0.3) is 0 Å².